The average Bonchev–Trinajstić information content (AvgIpc) is 2.30. The van der Waals surface area contributed by atoms with Gasteiger partial charge in [0.25, 0.3) is 0 Å². The number of hydrogen-bond acceptors (Lipinski definition) is 3. The number of hydrogen-bond donors (Lipinski definition) is 1. The standard InChI is InChI=1S/C13H20N2O/c1-3-11-5-6-12(15-10-11)9-13(16)7-8-14-4-2/h5-6,10,14H,3-4,7-9H2,1-2H3. The Morgan fingerprint density at radius 2 is 2.19 bits per heavy atom. The van der Waals surface area contributed by atoms with Crippen molar-refractivity contribution in [3.05, 3.63) is 29.6 Å². The first-order valence-corrected chi connectivity index (χ1v) is 5.92. The minimum atomic E-state index is 0.248. The molecule has 0 saturated heterocycles. The molecule has 3 heteroatoms. The van der Waals surface area contributed by atoms with Crippen LogP contribution in [0.4, 0.5) is 0 Å². The maximum atomic E-state index is 11.6. The summed E-state index contributed by atoms with van der Waals surface area (Å²) >= 11 is 0. The Labute approximate surface area is 97.3 Å². The number of aromatic nitrogens is 1. The van der Waals surface area contributed by atoms with E-state index in [1.54, 1.807) is 0 Å². The monoisotopic (exact) mass is 220 g/mol. The molecule has 0 aromatic carbocycles. The maximum absolute atomic E-state index is 11.6. The van der Waals surface area contributed by atoms with Crippen LogP contribution in [-0.2, 0) is 17.6 Å². The summed E-state index contributed by atoms with van der Waals surface area (Å²) in [7, 11) is 0. The molecule has 1 heterocycles. The molecule has 0 atom stereocenters. The zero-order chi connectivity index (χ0) is 11.8. The summed E-state index contributed by atoms with van der Waals surface area (Å²) < 4.78 is 0. The quantitative estimate of drug-likeness (QED) is 0.712. The van der Waals surface area contributed by atoms with E-state index in [2.05, 4.69) is 17.2 Å². The predicted molar refractivity (Wildman–Crippen MR) is 65.5 cm³/mol. The summed E-state index contributed by atoms with van der Waals surface area (Å²) in [5.41, 5.74) is 2.09. The van der Waals surface area contributed by atoms with E-state index in [1.807, 2.05) is 25.3 Å². The van der Waals surface area contributed by atoms with Crippen LogP contribution in [0.5, 0.6) is 0 Å². The summed E-state index contributed by atoms with van der Waals surface area (Å²) in [6.07, 6.45) is 3.88. The fraction of sp³-hybridized carbons (Fsp3) is 0.538. The molecule has 3 nitrogen and oxygen atoms in total. The third-order valence-electron chi connectivity index (χ3n) is 2.50. The normalized spacial score (nSPS) is 10.4. The molecule has 0 amide bonds. The highest BCUT2D eigenvalue weighted by Crippen LogP contribution is 2.03. The van der Waals surface area contributed by atoms with Crippen LogP contribution in [0, 0.1) is 0 Å². The Morgan fingerprint density at radius 1 is 1.38 bits per heavy atom. The molecule has 0 spiro atoms. The van der Waals surface area contributed by atoms with Gasteiger partial charge in [-0.3, -0.25) is 9.78 Å². The van der Waals surface area contributed by atoms with E-state index in [4.69, 9.17) is 0 Å². The van der Waals surface area contributed by atoms with Crippen LogP contribution in [0.25, 0.3) is 0 Å². The van der Waals surface area contributed by atoms with Gasteiger partial charge < -0.3 is 5.32 Å². The second kappa shape index (κ2) is 7.12. The van der Waals surface area contributed by atoms with Gasteiger partial charge in [0.15, 0.2) is 0 Å². The van der Waals surface area contributed by atoms with Crippen molar-refractivity contribution in [1.82, 2.24) is 10.3 Å². The van der Waals surface area contributed by atoms with Gasteiger partial charge in [-0.2, -0.15) is 0 Å². The van der Waals surface area contributed by atoms with Crippen molar-refractivity contribution in [3.63, 3.8) is 0 Å². The first kappa shape index (κ1) is 12.8. The second-order valence-electron chi connectivity index (χ2n) is 3.83. The van der Waals surface area contributed by atoms with Gasteiger partial charge in [0, 0.05) is 31.3 Å². The number of ketones is 1. The number of aryl methyl sites for hydroxylation is 1. The molecule has 0 aliphatic carbocycles. The zero-order valence-corrected chi connectivity index (χ0v) is 10.1. The topological polar surface area (TPSA) is 42.0 Å². The molecule has 0 aliphatic heterocycles. The Bertz CT molecular complexity index is 319. The van der Waals surface area contributed by atoms with Gasteiger partial charge >= 0.3 is 0 Å². The molecular weight excluding hydrogens is 200 g/mol. The number of Topliss-reactive ketones (excluding diaryl/α,β-unsaturated/α-hetero) is 1. The van der Waals surface area contributed by atoms with Crippen LogP contribution in [-0.4, -0.2) is 23.9 Å². The van der Waals surface area contributed by atoms with Gasteiger partial charge in [-0.05, 0) is 24.6 Å². The largest absolute Gasteiger partial charge is 0.317 e. The van der Waals surface area contributed by atoms with Gasteiger partial charge in [-0.25, -0.2) is 0 Å². The summed E-state index contributed by atoms with van der Waals surface area (Å²) in [5.74, 6) is 0.248. The lowest BCUT2D eigenvalue weighted by atomic mass is 10.1. The van der Waals surface area contributed by atoms with Crippen molar-refractivity contribution in [2.75, 3.05) is 13.1 Å². The number of nitrogens with zero attached hydrogens (tertiary/aromatic N) is 1. The van der Waals surface area contributed by atoms with Crippen LogP contribution in [0.3, 0.4) is 0 Å². The van der Waals surface area contributed by atoms with E-state index in [1.165, 1.54) is 5.56 Å². The molecular formula is C13H20N2O. The van der Waals surface area contributed by atoms with E-state index in [0.717, 1.165) is 25.2 Å². The second-order valence-corrected chi connectivity index (χ2v) is 3.83. The number of rotatable bonds is 7. The first-order chi connectivity index (χ1) is 7.76. The summed E-state index contributed by atoms with van der Waals surface area (Å²) in [4.78, 5) is 15.8. The Hall–Kier alpha value is -1.22. The lowest BCUT2D eigenvalue weighted by molar-refractivity contribution is -0.118. The fourth-order valence-corrected chi connectivity index (χ4v) is 1.46. The van der Waals surface area contributed by atoms with Crippen LogP contribution in [0.15, 0.2) is 18.3 Å². The van der Waals surface area contributed by atoms with Crippen LogP contribution < -0.4 is 5.32 Å². The predicted octanol–water partition coefficient (Wildman–Crippen LogP) is 1.76. The number of carbonyl (C=O) groups is 1. The Kier molecular flexibility index (Phi) is 5.72. The highest BCUT2D eigenvalue weighted by molar-refractivity contribution is 5.80. The van der Waals surface area contributed by atoms with Crippen molar-refractivity contribution in [2.45, 2.75) is 33.1 Å². The Balaban J connectivity index is 2.37. The lowest BCUT2D eigenvalue weighted by Gasteiger charge is -2.02. The zero-order valence-electron chi connectivity index (χ0n) is 10.1. The van der Waals surface area contributed by atoms with E-state index >= 15 is 0 Å². The van der Waals surface area contributed by atoms with Crippen molar-refractivity contribution in [2.24, 2.45) is 0 Å². The molecule has 0 aliphatic rings. The maximum Gasteiger partial charge on any atom is 0.140 e. The molecule has 0 bridgehead atoms. The number of carbonyl (C=O) groups excluding carboxylic acids is 1. The lowest BCUT2D eigenvalue weighted by Crippen LogP contribution is -2.18. The van der Waals surface area contributed by atoms with Crippen LogP contribution >= 0.6 is 0 Å². The highest BCUT2D eigenvalue weighted by atomic mass is 16.1. The summed E-state index contributed by atoms with van der Waals surface area (Å²) in [5, 5.41) is 3.14. The van der Waals surface area contributed by atoms with E-state index in [-0.39, 0.29) is 5.78 Å². The fourth-order valence-electron chi connectivity index (χ4n) is 1.46. The minimum Gasteiger partial charge on any atom is -0.317 e. The van der Waals surface area contributed by atoms with Crippen molar-refractivity contribution >= 4 is 5.78 Å². The molecule has 16 heavy (non-hydrogen) atoms. The molecule has 1 aromatic heterocycles. The molecule has 88 valence electrons. The van der Waals surface area contributed by atoms with E-state index in [0.29, 0.717) is 12.8 Å². The summed E-state index contributed by atoms with van der Waals surface area (Å²) in [6, 6.07) is 3.99. The summed E-state index contributed by atoms with van der Waals surface area (Å²) in [6.45, 7) is 5.81. The smallest absolute Gasteiger partial charge is 0.140 e. The Morgan fingerprint density at radius 3 is 2.75 bits per heavy atom. The van der Waals surface area contributed by atoms with Crippen molar-refractivity contribution < 1.29 is 4.79 Å². The molecule has 1 aromatic rings. The molecule has 0 fully saturated rings. The van der Waals surface area contributed by atoms with E-state index < -0.39 is 0 Å². The van der Waals surface area contributed by atoms with Crippen molar-refractivity contribution in [3.8, 4) is 0 Å². The van der Waals surface area contributed by atoms with Gasteiger partial charge in [0.1, 0.15) is 5.78 Å². The molecule has 1 rings (SSSR count). The van der Waals surface area contributed by atoms with Gasteiger partial charge in [0.2, 0.25) is 0 Å². The average molecular weight is 220 g/mol. The third kappa shape index (κ3) is 4.53. The molecule has 0 saturated carbocycles. The van der Waals surface area contributed by atoms with Crippen LogP contribution in [0.1, 0.15) is 31.5 Å². The minimum absolute atomic E-state index is 0.248. The third-order valence-corrected chi connectivity index (χ3v) is 2.50. The van der Waals surface area contributed by atoms with Gasteiger partial charge in [0.05, 0.1) is 0 Å². The van der Waals surface area contributed by atoms with Gasteiger partial charge in [-0.1, -0.05) is 19.9 Å². The van der Waals surface area contributed by atoms with Gasteiger partial charge in [-0.15, -0.1) is 0 Å². The van der Waals surface area contributed by atoms with E-state index in [9.17, 15) is 4.79 Å². The first-order valence-electron chi connectivity index (χ1n) is 5.92. The molecule has 0 unspecified atom stereocenters. The highest BCUT2D eigenvalue weighted by Gasteiger charge is 2.04. The number of nitrogens with one attached hydrogen (secondary N) is 1. The SMILES string of the molecule is CCNCCC(=O)Cc1ccc(CC)cn1. The molecule has 1 N–H and O–H groups in total. The van der Waals surface area contributed by atoms with Crippen molar-refractivity contribution in [1.29, 1.82) is 0 Å². The van der Waals surface area contributed by atoms with Crippen LogP contribution in [0.2, 0.25) is 0 Å². The molecule has 0 radical (unpaired) electrons. The number of pyridine rings is 1.